The van der Waals surface area contributed by atoms with Crippen LogP contribution in [-0.2, 0) is 4.79 Å². The molecule has 0 aliphatic heterocycles. The molecule has 3 N–H and O–H groups in total. The van der Waals surface area contributed by atoms with Gasteiger partial charge in [-0.2, -0.15) is 9.61 Å². The first kappa shape index (κ1) is 23.6. The number of aromatic nitrogens is 4. The lowest BCUT2D eigenvalue weighted by molar-refractivity contribution is -0.145. The molecule has 1 fully saturated rings. The van der Waals surface area contributed by atoms with Crippen LogP contribution in [0.4, 0.5) is 10.2 Å². The maximum absolute atomic E-state index is 13.9. The van der Waals surface area contributed by atoms with Gasteiger partial charge in [-0.3, -0.25) is 4.98 Å². The van der Waals surface area contributed by atoms with Gasteiger partial charge >= 0.3 is 5.97 Å². The number of carbonyl (C=O) groups is 1. The molecule has 0 bridgehead atoms. The number of rotatable bonds is 5. The third-order valence-corrected chi connectivity index (χ3v) is 6.50. The first-order chi connectivity index (χ1) is 16.0. The van der Waals surface area contributed by atoms with Crippen LogP contribution in [0, 0.1) is 5.92 Å². The molecule has 9 heteroatoms. The second-order valence-corrected chi connectivity index (χ2v) is 8.55. The molecule has 0 spiro atoms. The van der Waals surface area contributed by atoms with Gasteiger partial charge in [0.15, 0.2) is 11.8 Å². The third-order valence-electron chi connectivity index (χ3n) is 6.50. The lowest BCUT2D eigenvalue weighted by atomic mass is 9.78. The molecule has 1 aliphatic rings. The Labute approximate surface area is 202 Å². The van der Waals surface area contributed by atoms with Crippen molar-refractivity contribution in [2.45, 2.75) is 37.8 Å². The van der Waals surface area contributed by atoms with Crippen LogP contribution in [0.2, 0.25) is 0 Å². The minimum absolute atomic E-state index is 0. The van der Waals surface area contributed by atoms with Crippen LogP contribution in [0.25, 0.3) is 28.0 Å². The van der Waals surface area contributed by atoms with Gasteiger partial charge in [-0.05, 0) is 31.7 Å². The minimum Gasteiger partial charge on any atom is -0.479 e. The monoisotopic (exact) mass is 481 g/mol. The summed E-state index contributed by atoms with van der Waals surface area (Å²) in [5.41, 5.74) is 11.4. The number of pyridine rings is 1. The summed E-state index contributed by atoms with van der Waals surface area (Å²) < 4.78 is 15.5. The van der Waals surface area contributed by atoms with Gasteiger partial charge in [0, 0.05) is 46.5 Å². The van der Waals surface area contributed by atoms with Gasteiger partial charge < -0.3 is 10.8 Å². The first-order valence-corrected chi connectivity index (χ1v) is 11.0. The van der Waals surface area contributed by atoms with E-state index in [1.54, 1.807) is 10.7 Å². The number of hydrogen-bond donors (Lipinski definition) is 2. The van der Waals surface area contributed by atoms with Crippen molar-refractivity contribution in [1.82, 2.24) is 19.6 Å². The number of nitrogens with zero attached hydrogens (tertiary/aromatic N) is 4. The van der Waals surface area contributed by atoms with E-state index in [1.807, 2.05) is 54.7 Å². The molecule has 34 heavy (non-hydrogen) atoms. The van der Waals surface area contributed by atoms with E-state index in [0.717, 1.165) is 28.1 Å². The molecule has 0 amide bonds. The Morgan fingerprint density at radius 3 is 2.44 bits per heavy atom. The summed E-state index contributed by atoms with van der Waals surface area (Å²) in [5, 5.41) is 13.4. The van der Waals surface area contributed by atoms with Crippen LogP contribution >= 0.6 is 12.4 Å². The summed E-state index contributed by atoms with van der Waals surface area (Å²) in [7, 11) is 0. The Hall–Kier alpha value is -3.52. The lowest BCUT2D eigenvalue weighted by Crippen LogP contribution is -2.28. The highest BCUT2D eigenvalue weighted by Crippen LogP contribution is 2.38. The fraction of sp³-hybridized carbons (Fsp3) is 0.280. The molecular formula is C25H25ClFN5O2. The number of alkyl halides is 1. The van der Waals surface area contributed by atoms with Crippen LogP contribution < -0.4 is 5.73 Å². The minimum atomic E-state index is -1.81. The van der Waals surface area contributed by atoms with E-state index in [9.17, 15) is 9.18 Å². The summed E-state index contributed by atoms with van der Waals surface area (Å²) in [6, 6.07) is 15.7. The highest BCUT2D eigenvalue weighted by Gasteiger charge is 2.33. The van der Waals surface area contributed by atoms with Crippen LogP contribution in [0.1, 0.15) is 37.3 Å². The molecule has 7 nitrogen and oxygen atoms in total. The number of anilines is 1. The summed E-state index contributed by atoms with van der Waals surface area (Å²) in [4.78, 5) is 20.4. The van der Waals surface area contributed by atoms with E-state index in [0.29, 0.717) is 37.1 Å². The molecule has 0 unspecified atom stereocenters. The van der Waals surface area contributed by atoms with Crippen LogP contribution in [0.5, 0.6) is 0 Å². The predicted octanol–water partition coefficient (Wildman–Crippen LogP) is 5.16. The van der Waals surface area contributed by atoms with Gasteiger partial charge in [-0.15, -0.1) is 12.4 Å². The molecule has 1 aromatic carbocycles. The van der Waals surface area contributed by atoms with Gasteiger partial charge in [0.05, 0.1) is 11.9 Å². The Balaban J connectivity index is 0.00000274. The second kappa shape index (κ2) is 9.77. The zero-order chi connectivity index (χ0) is 22.9. The Morgan fingerprint density at radius 2 is 1.79 bits per heavy atom. The average molecular weight is 482 g/mol. The van der Waals surface area contributed by atoms with Crippen molar-refractivity contribution >= 4 is 29.8 Å². The Bertz CT molecular complexity index is 1290. The fourth-order valence-corrected chi connectivity index (χ4v) is 4.66. The van der Waals surface area contributed by atoms with Gasteiger partial charge in [-0.1, -0.05) is 36.4 Å². The lowest BCUT2D eigenvalue weighted by Gasteiger charge is -2.28. The normalized spacial score (nSPS) is 18.9. The largest absolute Gasteiger partial charge is 0.479 e. The topological polar surface area (TPSA) is 106 Å². The van der Waals surface area contributed by atoms with Gasteiger partial charge in [0.2, 0.25) is 0 Å². The third kappa shape index (κ3) is 4.46. The van der Waals surface area contributed by atoms with Gasteiger partial charge in [-0.25, -0.2) is 14.2 Å². The van der Waals surface area contributed by atoms with Crippen molar-refractivity contribution < 1.29 is 14.3 Å². The van der Waals surface area contributed by atoms with E-state index in [1.165, 1.54) is 0 Å². The maximum Gasteiger partial charge on any atom is 0.338 e. The molecule has 1 atom stereocenters. The summed E-state index contributed by atoms with van der Waals surface area (Å²) in [6.07, 6.45) is 4.13. The van der Waals surface area contributed by atoms with Crippen LogP contribution in [-0.4, -0.2) is 36.8 Å². The summed E-state index contributed by atoms with van der Waals surface area (Å²) in [5.74, 6) is -1.24. The number of aliphatic carboxylic acids is 1. The number of halogens is 2. The van der Waals surface area contributed by atoms with Crippen LogP contribution in [0.15, 0.2) is 60.9 Å². The van der Waals surface area contributed by atoms with Crippen molar-refractivity contribution in [3.8, 4) is 22.4 Å². The van der Waals surface area contributed by atoms with Crippen molar-refractivity contribution in [3.63, 3.8) is 0 Å². The number of hydrogen-bond acceptors (Lipinski definition) is 5. The zero-order valence-electron chi connectivity index (χ0n) is 18.3. The molecule has 1 aliphatic carbocycles. The van der Waals surface area contributed by atoms with E-state index in [2.05, 4.69) is 10.1 Å². The molecular weight excluding hydrogens is 457 g/mol. The molecule has 0 saturated heterocycles. The summed E-state index contributed by atoms with van der Waals surface area (Å²) in [6.45, 7) is 0. The molecule has 176 valence electrons. The summed E-state index contributed by atoms with van der Waals surface area (Å²) >= 11 is 0. The van der Waals surface area contributed by atoms with Crippen LogP contribution in [0.3, 0.4) is 0 Å². The number of benzene rings is 1. The zero-order valence-corrected chi connectivity index (χ0v) is 19.2. The molecule has 1 saturated carbocycles. The molecule has 0 radical (unpaired) electrons. The van der Waals surface area contributed by atoms with Gasteiger partial charge in [0.25, 0.3) is 0 Å². The van der Waals surface area contributed by atoms with E-state index in [4.69, 9.17) is 15.8 Å². The number of carboxylic acids is 1. The van der Waals surface area contributed by atoms with E-state index >= 15 is 0 Å². The Morgan fingerprint density at radius 1 is 1.06 bits per heavy atom. The number of fused-ring (bicyclic) bond motifs is 1. The SMILES string of the molecule is Cl.Nc1cc([C@H]2CC[C@H]([C@H](F)C(=O)O)CC2)nc2c(-c3ccc(-c4ccccc4)nc3)cnn12. The quantitative estimate of drug-likeness (QED) is 0.408. The highest BCUT2D eigenvalue weighted by atomic mass is 35.5. The highest BCUT2D eigenvalue weighted by molar-refractivity contribution is 5.85. The average Bonchev–Trinajstić information content (AvgIpc) is 3.29. The predicted molar refractivity (Wildman–Crippen MR) is 131 cm³/mol. The van der Waals surface area contributed by atoms with Gasteiger partial charge in [0.1, 0.15) is 5.82 Å². The van der Waals surface area contributed by atoms with E-state index in [-0.39, 0.29) is 18.3 Å². The smallest absolute Gasteiger partial charge is 0.338 e. The molecule has 5 rings (SSSR count). The fourth-order valence-electron chi connectivity index (χ4n) is 4.66. The number of carboxylic acid groups (broad SMARTS) is 1. The van der Waals surface area contributed by atoms with Crippen molar-refractivity contribution in [2.75, 3.05) is 5.73 Å². The molecule has 3 aromatic heterocycles. The number of nitrogen functional groups attached to an aromatic ring is 1. The maximum atomic E-state index is 13.9. The van der Waals surface area contributed by atoms with Crippen molar-refractivity contribution in [2.24, 2.45) is 5.92 Å². The van der Waals surface area contributed by atoms with E-state index < -0.39 is 18.1 Å². The standard InChI is InChI=1S/C25H24FN5O2.ClH/c26-23(25(32)33)17-8-6-16(7-9-17)21-12-22(27)31-24(30-21)19(14-29-31)18-10-11-20(28-13-18)15-4-2-1-3-5-15;/h1-5,10-14,16-17,23H,6-9,27H2,(H,32,33);1H/t16-,17-,23-;/m0./s1. The molecule has 4 aromatic rings. The molecule has 3 heterocycles. The second-order valence-electron chi connectivity index (χ2n) is 8.55. The van der Waals surface area contributed by atoms with Crippen molar-refractivity contribution in [1.29, 1.82) is 0 Å². The number of nitrogens with two attached hydrogens (primary N) is 1. The first-order valence-electron chi connectivity index (χ1n) is 11.0. The van der Waals surface area contributed by atoms with Crippen molar-refractivity contribution in [3.05, 3.63) is 66.6 Å². The Kier molecular flexibility index (Phi) is 6.79.